The number of methoxy groups -OCH3 is 1. The molecule has 2 rings (SSSR count). The Labute approximate surface area is 153 Å². The summed E-state index contributed by atoms with van der Waals surface area (Å²) in [5, 5.41) is 0. The quantitative estimate of drug-likeness (QED) is 0.492. The number of Topliss-reactive ketones (excluding diaryl/α,β-unsaturated/α-hetero) is 1. The normalized spacial score (nSPS) is 10.5. The number of nitrogens with zero attached hydrogens (tertiary/aromatic N) is 1. The summed E-state index contributed by atoms with van der Waals surface area (Å²) >= 11 is 0. The van der Waals surface area contributed by atoms with Gasteiger partial charge in [0.05, 0.1) is 25.7 Å². The number of rotatable bonds is 9. The van der Waals surface area contributed by atoms with Gasteiger partial charge in [0.1, 0.15) is 0 Å². The van der Waals surface area contributed by atoms with Gasteiger partial charge in [-0.1, -0.05) is 13.3 Å². The first kappa shape index (κ1) is 19.6. The Bertz CT molecular complexity index is 752. The minimum absolute atomic E-state index is 0.163. The van der Waals surface area contributed by atoms with Gasteiger partial charge in [-0.2, -0.15) is 0 Å². The van der Waals surface area contributed by atoms with Crippen molar-refractivity contribution in [2.45, 2.75) is 33.6 Å². The number of unbranched alkanes of at least 4 members (excludes halogenated alkanes) is 1. The summed E-state index contributed by atoms with van der Waals surface area (Å²) in [4.78, 5) is 26.5. The molecule has 2 aromatic rings. The molecule has 0 fully saturated rings. The van der Waals surface area contributed by atoms with Crippen LogP contribution in [0.3, 0.4) is 0 Å². The number of carbonyl (C=O) groups is 2. The summed E-state index contributed by atoms with van der Waals surface area (Å²) in [7, 11) is 1.52. The van der Waals surface area contributed by atoms with Gasteiger partial charge in [0.25, 0.3) is 5.91 Å². The van der Waals surface area contributed by atoms with E-state index in [1.807, 2.05) is 6.92 Å². The Morgan fingerprint density at radius 1 is 1.19 bits per heavy atom. The van der Waals surface area contributed by atoms with E-state index in [1.165, 1.54) is 25.2 Å². The predicted octanol–water partition coefficient (Wildman–Crippen LogP) is 4.34. The van der Waals surface area contributed by atoms with Crippen LogP contribution in [0.5, 0.6) is 11.5 Å². The van der Waals surface area contributed by atoms with E-state index in [9.17, 15) is 9.59 Å². The fourth-order valence-electron chi connectivity index (χ4n) is 2.61. The summed E-state index contributed by atoms with van der Waals surface area (Å²) in [5.41, 5.74) is 0.875. The van der Waals surface area contributed by atoms with Gasteiger partial charge in [-0.15, -0.1) is 0 Å². The molecule has 26 heavy (non-hydrogen) atoms. The van der Waals surface area contributed by atoms with Gasteiger partial charge in [0, 0.05) is 18.2 Å². The fourth-order valence-corrected chi connectivity index (χ4v) is 2.61. The highest BCUT2D eigenvalue weighted by atomic mass is 16.5. The van der Waals surface area contributed by atoms with Gasteiger partial charge in [-0.05, 0) is 38.5 Å². The third-order valence-corrected chi connectivity index (χ3v) is 4.00. The van der Waals surface area contributed by atoms with Crippen LogP contribution in [0.15, 0.2) is 34.9 Å². The molecular weight excluding hydrogens is 334 g/mol. The molecule has 0 aliphatic carbocycles. The maximum Gasteiger partial charge on any atom is 0.293 e. The molecule has 0 atom stereocenters. The van der Waals surface area contributed by atoms with Gasteiger partial charge in [-0.3, -0.25) is 9.59 Å². The summed E-state index contributed by atoms with van der Waals surface area (Å²) < 4.78 is 16.4. The maximum atomic E-state index is 12.8. The average molecular weight is 359 g/mol. The lowest BCUT2D eigenvalue weighted by Gasteiger charge is -2.24. The van der Waals surface area contributed by atoms with Crippen molar-refractivity contribution in [1.82, 2.24) is 0 Å². The Balaban J connectivity index is 2.50. The molecular formula is C20H25NO5. The first-order valence-electron chi connectivity index (χ1n) is 8.74. The van der Waals surface area contributed by atoms with E-state index >= 15 is 0 Å². The average Bonchev–Trinajstić information content (AvgIpc) is 3.17. The van der Waals surface area contributed by atoms with Crippen LogP contribution in [0.25, 0.3) is 0 Å². The molecule has 0 spiro atoms. The number of hydrogen-bond acceptors (Lipinski definition) is 5. The zero-order chi connectivity index (χ0) is 19.1. The minimum atomic E-state index is -0.315. The molecule has 1 heterocycles. The number of hydrogen-bond donors (Lipinski definition) is 0. The summed E-state index contributed by atoms with van der Waals surface area (Å²) in [5.74, 6) is 0.711. The standard InChI is InChI=1S/C20H25NO5/c1-5-7-10-26-19-13-16(15(14(3)22)12-18(19)24-4)21(6-2)20(23)17-9-8-11-25-17/h8-9,11-13H,5-7,10H2,1-4H3. The Morgan fingerprint density at radius 2 is 1.96 bits per heavy atom. The second kappa shape index (κ2) is 9.08. The van der Waals surface area contributed by atoms with E-state index in [-0.39, 0.29) is 17.5 Å². The van der Waals surface area contributed by atoms with Gasteiger partial charge in [0.2, 0.25) is 0 Å². The number of carbonyl (C=O) groups excluding carboxylic acids is 2. The first-order valence-corrected chi connectivity index (χ1v) is 8.74. The Kier molecular flexibility index (Phi) is 6.83. The molecule has 0 bridgehead atoms. The van der Waals surface area contributed by atoms with E-state index in [4.69, 9.17) is 13.9 Å². The number of ether oxygens (including phenoxy) is 2. The van der Waals surface area contributed by atoms with Crippen molar-refractivity contribution < 1.29 is 23.5 Å². The second-order valence-corrected chi connectivity index (χ2v) is 5.81. The van der Waals surface area contributed by atoms with Crippen LogP contribution in [0.1, 0.15) is 54.5 Å². The van der Waals surface area contributed by atoms with E-state index in [0.717, 1.165) is 12.8 Å². The van der Waals surface area contributed by atoms with Crippen LogP contribution in [0.2, 0.25) is 0 Å². The molecule has 0 unspecified atom stereocenters. The monoisotopic (exact) mass is 359 g/mol. The molecule has 0 N–H and O–H groups in total. The number of anilines is 1. The van der Waals surface area contributed by atoms with E-state index in [0.29, 0.717) is 35.9 Å². The van der Waals surface area contributed by atoms with Crippen LogP contribution < -0.4 is 14.4 Å². The van der Waals surface area contributed by atoms with Crippen LogP contribution in [0.4, 0.5) is 5.69 Å². The zero-order valence-electron chi connectivity index (χ0n) is 15.7. The van der Waals surface area contributed by atoms with Crippen molar-refractivity contribution in [1.29, 1.82) is 0 Å². The number of amides is 1. The molecule has 0 saturated heterocycles. The SMILES string of the molecule is CCCCOc1cc(N(CC)C(=O)c2ccco2)c(C(C)=O)cc1OC. The Hall–Kier alpha value is -2.76. The van der Waals surface area contributed by atoms with Crippen molar-refractivity contribution in [2.24, 2.45) is 0 Å². The fraction of sp³-hybridized carbons (Fsp3) is 0.400. The predicted molar refractivity (Wildman–Crippen MR) is 99.5 cm³/mol. The molecule has 140 valence electrons. The molecule has 6 nitrogen and oxygen atoms in total. The number of furan rings is 1. The molecule has 1 aromatic carbocycles. The lowest BCUT2D eigenvalue weighted by atomic mass is 10.1. The minimum Gasteiger partial charge on any atom is -0.493 e. The highest BCUT2D eigenvalue weighted by molar-refractivity contribution is 6.09. The van der Waals surface area contributed by atoms with Crippen molar-refractivity contribution >= 4 is 17.4 Å². The van der Waals surface area contributed by atoms with E-state index in [1.54, 1.807) is 24.3 Å². The van der Waals surface area contributed by atoms with Gasteiger partial charge in [-0.25, -0.2) is 0 Å². The third-order valence-electron chi connectivity index (χ3n) is 4.00. The van der Waals surface area contributed by atoms with Crippen molar-refractivity contribution in [3.8, 4) is 11.5 Å². The van der Waals surface area contributed by atoms with Crippen molar-refractivity contribution in [2.75, 3.05) is 25.2 Å². The zero-order valence-corrected chi connectivity index (χ0v) is 15.7. The van der Waals surface area contributed by atoms with Crippen LogP contribution in [-0.4, -0.2) is 32.0 Å². The summed E-state index contributed by atoms with van der Waals surface area (Å²) in [6.07, 6.45) is 3.34. The van der Waals surface area contributed by atoms with Crippen LogP contribution in [-0.2, 0) is 0 Å². The smallest absolute Gasteiger partial charge is 0.293 e. The van der Waals surface area contributed by atoms with Gasteiger partial charge >= 0.3 is 0 Å². The van der Waals surface area contributed by atoms with Gasteiger partial charge < -0.3 is 18.8 Å². The maximum absolute atomic E-state index is 12.8. The van der Waals surface area contributed by atoms with Crippen molar-refractivity contribution in [3.63, 3.8) is 0 Å². The van der Waals surface area contributed by atoms with Crippen LogP contribution in [0, 0.1) is 0 Å². The number of ketones is 1. The highest BCUT2D eigenvalue weighted by Gasteiger charge is 2.25. The van der Waals surface area contributed by atoms with E-state index < -0.39 is 0 Å². The molecule has 1 amide bonds. The van der Waals surface area contributed by atoms with Gasteiger partial charge in [0.15, 0.2) is 23.0 Å². The van der Waals surface area contributed by atoms with E-state index in [2.05, 4.69) is 6.92 Å². The largest absolute Gasteiger partial charge is 0.493 e. The molecule has 0 radical (unpaired) electrons. The topological polar surface area (TPSA) is 69.0 Å². The molecule has 6 heteroatoms. The Morgan fingerprint density at radius 3 is 2.50 bits per heavy atom. The highest BCUT2D eigenvalue weighted by Crippen LogP contribution is 2.36. The summed E-state index contributed by atoms with van der Waals surface area (Å²) in [6, 6.07) is 6.56. The molecule has 0 aliphatic heterocycles. The first-order chi connectivity index (χ1) is 12.5. The second-order valence-electron chi connectivity index (χ2n) is 5.81. The summed E-state index contributed by atoms with van der Waals surface area (Å²) in [6.45, 7) is 6.28. The molecule has 1 aromatic heterocycles. The molecule has 0 aliphatic rings. The molecule has 0 saturated carbocycles. The van der Waals surface area contributed by atoms with Crippen molar-refractivity contribution in [3.05, 3.63) is 41.9 Å². The number of benzene rings is 1. The lowest BCUT2D eigenvalue weighted by Crippen LogP contribution is -2.31. The lowest BCUT2D eigenvalue weighted by molar-refractivity contribution is 0.0961. The van der Waals surface area contributed by atoms with Crippen LogP contribution >= 0.6 is 0 Å². The third kappa shape index (κ3) is 4.25.